The van der Waals surface area contributed by atoms with Crippen LogP contribution >= 0.6 is 15.9 Å². The molecule has 0 unspecified atom stereocenters. The van der Waals surface area contributed by atoms with Gasteiger partial charge < -0.3 is 23.4 Å². The van der Waals surface area contributed by atoms with E-state index in [1.54, 1.807) is 48.5 Å². The predicted octanol–water partition coefficient (Wildman–Crippen LogP) is 5.76. The van der Waals surface area contributed by atoms with Crippen molar-refractivity contribution in [2.24, 2.45) is 0 Å². The summed E-state index contributed by atoms with van der Waals surface area (Å²) in [7, 11) is 0. The lowest BCUT2D eigenvalue weighted by atomic mass is 10.1. The van der Waals surface area contributed by atoms with Crippen LogP contribution in [0.15, 0.2) is 75.3 Å². The quantitative estimate of drug-likeness (QED) is 0.199. The lowest BCUT2D eigenvalue weighted by Crippen LogP contribution is -2.07. The van der Waals surface area contributed by atoms with Crippen molar-refractivity contribution >= 4 is 44.7 Å². The van der Waals surface area contributed by atoms with Crippen LogP contribution in [0.3, 0.4) is 0 Å². The van der Waals surface area contributed by atoms with E-state index in [-0.39, 0.29) is 29.8 Å². The largest absolute Gasteiger partial charge is 0.454 e. The average molecular weight is 505 g/mol. The zero-order valence-electron chi connectivity index (χ0n) is 16.8. The van der Waals surface area contributed by atoms with Gasteiger partial charge in [0, 0.05) is 15.9 Å². The summed E-state index contributed by atoms with van der Waals surface area (Å²) in [4.78, 5) is 25.3. The minimum atomic E-state index is -0.650. The third-order valence-electron chi connectivity index (χ3n) is 5.23. The third-order valence-corrected chi connectivity index (χ3v) is 5.72. The maximum atomic E-state index is 12.7. The van der Waals surface area contributed by atoms with E-state index in [2.05, 4.69) is 15.9 Å². The van der Waals surface area contributed by atoms with Gasteiger partial charge in [-0.25, -0.2) is 4.79 Å². The molecule has 3 heterocycles. The van der Waals surface area contributed by atoms with E-state index in [4.69, 9.17) is 23.4 Å². The van der Waals surface area contributed by atoms with Crippen molar-refractivity contribution in [2.45, 2.75) is 0 Å². The Morgan fingerprint density at radius 3 is 2.73 bits per heavy atom. The molecule has 2 aliphatic heterocycles. The molecule has 8 heteroatoms. The first-order chi connectivity index (χ1) is 16.0. The standard InChI is InChI=1S/C25H13BrO7/c26-15-2-6-18-14(9-15)10-23(32-18)25(28)31-16-3-4-17-20(11-16)33-22(24(17)27)8-13-1-5-19-21(7-13)30-12-29-19/h1-11H,12H2/b22-8-. The number of hydrogen-bond acceptors (Lipinski definition) is 7. The van der Waals surface area contributed by atoms with E-state index in [0.717, 1.165) is 15.4 Å². The van der Waals surface area contributed by atoms with Gasteiger partial charge >= 0.3 is 5.97 Å². The summed E-state index contributed by atoms with van der Waals surface area (Å²) in [6, 6.07) is 17.0. The Balaban J connectivity index is 1.23. The van der Waals surface area contributed by atoms with Crippen molar-refractivity contribution < 1.29 is 33.0 Å². The summed E-state index contributed by atoms with van der Waals surface area (Å²) >= 11 is 3.39. The summed E-state index contributed by atoms with van der Waals surface area (Å²) in [5.41, 5.74) is 1.69. The van der Waals surface area contributed by atoms with Crippen molar-refractivity contribution in [2.75, 3.05) is 6.79 Å². The first-order valence-corrected chi connectivity index (χ1v) is 10.7. The number of ether oxygens (including phenoxy) is 4. The number of furan rings is 1. The first-order valence-electron chi connectivity index (χ1n) is 9.93. The summed E-state index contributed by atoms with van der Waals surface area (Å²) in [6.45, 7) is 0.170. The monoisotopic (exact) mass is 504 g/mol. The second-order valence-electron chi connectivity index (χ2n) is 7.39. The minimum Gasteiger partial charge on any atom is -0.454 e. The molecule has 2 aliphatic rings. The average Bonchev–Trinajstić information content (AvgIpc) is 3.51. The first kappa shape index (κ1) is 19.6. The number of halogens is 1. The molecule has 0 atom stereocenters. The van der Waals surface area contributed by atoms with E-state index in [1.807, 2.05) is 12.1 Å². The molecule has 0 bridgehead atoms. The predicted molar refractivity (Wildman–Crippen MR) is 121 cm³/mol. The van der Waals surface area contributed by atoms with Gasteiger partial charge in [0.1, 0.15) is 17.1 Å². The summed E-state index contributed by atoms with van der Waals surface area (Å²) in [6.07, 6.45) is 1.63. The van der Waals surface area contributed by atoms with Gasteiger partial charge in [-0.2, -0.15) is 0 Å². The fraction of sp³-hybridized carbons (Fsp3) is 0.0400. The molecule has 0 saturated carbocycles. The molecule has 1 aromatic heterocycles. The molecule has 3 aromatic carbocycles. The van der Waals surface area contributed by atoms with Gasteiger partial charge in [0.05, 0.1) is 5.56 Å². The maximum Gasteiger partial charge on any atom is 0.379 e. The van der Waals surface area contributed by atoms with Crippen molar-refractivity contribution in [3.05, 3.63) is 87.8 Å². The van der Waals surface area contributed by atoms with E-state index < -0.39 is 5.97 Å². The lowest BCUT2D eigenvalue weighted by molar-refractivity contribution is 0.0703. The molecule has 6 rings (SSSR count). The van der Waals surface area contributed by atoms with Crippen LogP contribution in [0.4, 0.5) is 0 Å². The molecule has 7 nitrogen and oxygen atoms in total. The Hall–Kier alpha value is -4.04. The molecule has 162 valence electrons. The van der Waals surface area contributed by atoms with Gasteiger partial charge in [0.25, 0.3) is 0 Å². The number of allylic oxidation sites excluding steroid dienone is 1. The summed E-state index contributed by atoms with van der Waals surface area (Å²) in [5.74, 6) is 1.13. The molecule has 0 saturated heterocycles. The van der Waals surface area contributed by atoms with Crippen LogP contribution in [0, 0.1) is 0 Å². The SMILES string of the molecule is O=C(Oc1ccc2c(c1)O/C(=C\c1ccc3c(c1)OCO3)C2=O)c1cc2cc(Br)ccc2o1. The van der Waals surface area contributed by atoms with E-state index in [1.165, 1.54) is 6.07 Å². The van der Waals surface area contributed by atoms with E-state index in [9.17, 15) is 9.59 Å². The fourth-order valence-corrected chi connectivity index (χ4v) is 4.04. The van der Waals surface area contributed by atoms with Crippen molar-refractivity contribution in [1.29, 1.82) is 0 Å². The second-order valence-corrected chi connectivity index (χ2v) is 8.31. The Kier molecular flexibility index (Phi) is 4.48. The molecule has 0 amide bonds. The normalized spacial score (nSPS) is 15.1. The number of esters is 1. The Morgan fingerprint density at radius 1 is 0.939 bits per heavy atom. The van der Waals surface area contributed by atoms with Crippen LogP contribution in [0.25, 0.3) is 17.0 Å². The van der Waals surface area contributed by atoms with Gasteiger partial charge in [-0.05, 0) is 60.2 Å². The highest BCUT2D eigenvalue weighted by molar-refractivity contribution is 9.10. The highest BCUT2D eigenvalue weighted by atomic mass is 79.9. The van der Waals surface area contributed by atoms with Gasteiger partial charge in [-0.1, -0.05) is 22.0 Å². The highest BCUT2D eigenvalue weighted by Crippen LogP contribution is 2.37. The smallest absolute Gasteiger partial charge is 0.379 e. The molecule has 33 heavy (non-hydrogen) atoms. The van der Waals surface area contributed by atoms with Gasteiger partial charge in [-0.15, -0.1) is 0 Å². The van der Waals surface area contributed by atoms with Gasteiger partial charge in [0.2, 0.25) is 18.3 Å². The molecule has 0 spiro atoms. The van der Waals surface area contributed by atoms with Crippen LogP contribution in [-0.2, 0) is 0 Å². The Labute approximate surface area is 195 Å². The van der Waals surface area contributed by atoms with Crippen LogP contribution in [0.5, 0.6) is 23.0 Å². The fourth-order valence-electron chi connectivity index (χ4n) is 3.66. The van der Waals surface area contributed by atoms with Crippen molar-refractivity contribution in [1.82, 2.24) is 0 Å². The topological polar surface area (TPSA) is 84.2 Å². The number of carbonyl (C=O) groups is 2. The van der Waals surface area contributed by atoms with Crippen LogP contribution in [0.1, 0.15) is 26.5 Å². The maximum absolute atomic E-state index is 12.7. The lowest BCUT2D eigenvalue weighted by Gasteiger charge is -2.04. The second kappa shape index (κ2) is 7.53. The molecule has 0 N–H and O–H groups in total. The Bertz CT molecular complexity index is 1500. The van der Waals surface area contributed by atoms with Crippen molar-refractivity contribution in [3.63, 3.8) is 0 Å². The zero-order chi connectivity index (χ0) is 22.5. The molecule has 0 fully saturated rings. The third kappa shape index (κ3) is 3.54. The number of fused-ring (bicyclic) bond motifs is 3. The van der Waals surface area contributed by atoms with Crippen LogP contribution < -0.4 is 18.9 Å². The summed E-state index contributed by atoms with van der Waals surface area (Å²) in [5, 5.41) is 0.775. The highest BCUT2D eigenvalue weighted by Gasteiger charge is 2.28. The van der Waals surface area contributed by atoms with Crippen LogP contribution in [-0.4, -0.2) is 18.5 Å². The van der Waals surface area contributed by atoms with Crippen LogP contribution in [0.2, 0.25) is 0 Å². The van der Waals surface area contributed by atoms with Gasteiger partial charge in [-0.3, -0.25) is 4.79 Å². The number of ketones is 1. The van der Waals surface area contributed by atoms with E-state index >= 15 is 0 Å². The molecular weight excluding hydrogens is 492 g/mol. The van der Waals surface area contributed by atoms with Crippen molar-refractivity contribution in [3.8, 4) is 23.0 Å². The van der Waals surface area contributed by atoms with E-state index in [0.29, 0.717) is 28.4 Å². The zero-order valence-corrected chi connectivity index (χ0v) is 18.4. The minimum absolute atomic E-state index is 0.0731. The number of hydrogen-bond donors (Lipinski definition) is 0. The number of carbonyl (C=O) groups excluding carboxylic acids is 2. The number of rotatable bonds is 3. The summed E-state index contributed by atoms with van der Waals surface area (Å²) < 4.78 is 28.3. The number of benzene rings is 3. The Morgan fingerprint density at radius 2 is 1.82 bits per heavy atom. The molecular formula is C25H13BrO7. The number of Topliss-reactive ketones (excluding diaryl/α,β-unsaturated/α-hetero) is 1. The molecule has 0 aliphatic carbocycles. The molecule has 4 aromatic rings. The molecule has 0 radical (unpaired) electrons. The van der Waals surface area contributed by atoms with Gasteiger partial charge in [0.15, 0.2) is 17.3 Å².